The number of carboxylic acids is 1. The van der Waals surface area contributed by atoms with Crippen LogP contribution in [0.3, 0.4) is 0 Å². The molecule has 5 nitrogen and oxygen atoms in total. The van der Waals surface area contributed by atoms with Gasteiger partial charge in [0.15, 0.2) is 0 Å². The van der Waals surface area contributed by atoms with E-state index in [1.165, 1.54) is 17.4 Å². The molecule has 0 atom stereocenters. The Morgan fingerprint density at radius 3 is 2.79 bits per heavy atom. The number of thiazole rings is 1. The highest BCUT2D eigenvalue weighted by atomic mass is 32.1. The standard InChI is InChI=1S/C13H15N3O2S/c1-13(2,12-15-5-6-19-12)16-10-7-8(14)3-4-9(10)11(17)18/h3-7,16H,14H2,1-2H3,(H,17,18). The Labute approximate surface area is 115 Å². The third-order valence-corrected chi connectivity index (χ3v) is 3.78. The molecule has 0 saturated heterocycles. The molecule has 0 saturated carbocycles. The SMILES string of the molecule is CC(C)(Nc1cc(N)ccc1C(=O)O)c1nccs1. The van der Waals surface area contributed by atoms with E-state index in [4.69, 9.17) is 5.73 Å². The van der Waals surface area contributed by atoms with Gasteiger partial charge in [0.05, 0.1) is 16.8 Å². The van der Waals surface area contributed by atoms with E-state index in [0.717, 1.165) is 5.01 Å². The van der Waals surface area contributed by atoms with Gasteiger partial charge in [0, 0.05) is 17.3 Å². The summed E-state index contributed by atoms with van der Waals surface area (Å²) in [5, 5.41) is 15.2. The minimum Gasteiger partial charge on any atom is -0.478 e. The van der Waals surface area contributed by atoms with E-state index in [9.17, 15) is 9.90 Å². The molecule has 1 aromatic heterocycles. The molecule has 0 radical (unpaired) electrons. The van der Waals surface area contributed by atoms with Crippen LogP contribution in [0, 0.1) is 0 Å². The average Bonchev–Trinajstić information content (AvgIpc) is 2.81. The van der Waals surface area contributed by atoms with Gasteiger partial charge in [-0.1, -0.05) is 0 Å². The minimum atomic E-state index is -0.988. The van der Waals surface area contributed by atoms with Crippen LogP contribution in [-0.4, -0.2) is 16.1 Å². The number of nitrogens with one attached hydrogen (secondary N) is 1. The first kappa shape index (κ1) is 13.4. The molecule has 4 N–H and O–H groups in total. The monoisotopic (exact) mass is 277 g/mol. The summed E-state index contributed by atoms with van der Waals surface area (Å²) < 4.78 is 0. The van der Waals surface area contributed by atoms with Gasteiger partial charge in [-0.3, -0.25) is 0 Å². The molecule has 0 aliphatic rings. The normalized spacial score (nSPS) is 11.3. The molecular formula is C13H15N3O2S. The zero-order valence-electron chi connectivity index (χ0n) is 10.7. The van der Waals surface area contributed by atoms with Crippen molar-refractivity contribution in [2.24, 2.45) is 0 Å². The predicted octanol–water partition coefficient (Wildman–Crippen LogP) is 2.77. The molecule has 0 amide bonds. The summed E-state index contributed by atoms with van der Waals surface area (Å²) in [6.07, 6.45) is 1.72. The summed E-state index contributed by atoms with van der Waals surface area (Å²) in [6, 6.07) is 4.70. The quantitative estimate of drug-likeness (QED) is 0.748. The lowest BCUT2D eigenvalue weighted by Gasteiger charge is -2.26. The van der Waals surface area contributed by atoms with Crippen molar-refractivity contribution in [2.75, 3.05) is 11.1 Å². The lowest BCUT2D eigenvalue weighted by Crippen LogP contribution is -2.28. The van der Waals surface area contributed by atoms with Crippen molar-refractivity contribution in [2.45, 2.75) is 19.4 Å². The largest absolute Gasteiger partial charge is 0.478 e. The maximum atomic E-state index is 11.2. The second-order valence-electron chi connectivity index (χ2n) is 4.70. The van der Waals surface area contributed by atoms with Gasteiger partial charge in [0.2, 0.25) is 0 Å². The van der Waals surface area contributed by atoms with Crippen LogP contribution in [0.5, 0.6) is 0 Å². The van der Waals surface area contributed by atoms with Crippen molar-refractivity contribution >= 4 is 28.7 Å². The van der Waals surface area contributed by atoms with E-state index in [2.05, 4.69) is 10.3 Å². The van der Waals surface area contributed by atoms with Crippen LogP contribution in [-0.2, 0) is 5.54 Å². The molecule has 1 aromatic carbocycles. The van der Waals surface area contributed by atoms with Crippen LogP contribution in [0.25, 0.3) is 0 Å². The molecule has 100 valence electrons. The fourth-order valence-corrected chi connectivity index (χ4v) is 2.49. The Kier molecular flexibility index (Phi) is 3.44. The number of aromatic carboxylic acids is 1. The number of hydrogen-bond acceptors (Lipinski definition) is 5. The fourth-order valence-electron chi connectivity index (χ4n) is 1.77. The highest BCUT2D eigenvalue weighted by molar-refractivity contribution is 7.09. The van der Waals surface area contributed by atoms with Gasteiger partial charge >= 0.3 is 5.97 Å². The maximum Gasteiger partial charge on any atom is 0.337 e. The lowest BCUT2D eigenvalue weighted by molar-refractivity contribution is 0.0698. The second kappa shape index (κ2) is 4.89. The number of benzene rings is 1. The summed E-state index contributed by atoms with van der Waals surface area (Å²) in [6.45, 7) is 3.89. The third kappa shape index (κ3) is 2.85. The van der Waals surface area contributed by atoms with Crippen molar-refractivity contribution in [3.63, 3.8) is 0 Å². The van der Waals surface area contributed by atoms with Gasteiger partial charge in [-0.05, 0) is 32.0 Å². The van der Waals surface area contributed by atoms with E-state index >= 15 is 0 Å². The van der Waals surface area contributed by atoms with E-state index in [-0.39, 0.29) is 5.56 Å². The van der Waals surface area contributed by atoms with Gasteiger partial charge in [0.25, 0.3) is 0 Å². The topological polar surface area (TPSA) is 88.2 Å². The first-order valence-corrected chi connectivity index (χ1v) is 6.59. The number of carboxylic acid groups (broad SMARTS) is 1. The first-order valence-electron chi connectivity index (χ1n) is 5.71. The average molecular weight is 277 g/mol. The lowest BCUT2D eigenvalue weighted by atomic mass is 10.0. The smallest absolute Gasteiger partial charge is 0.337 e. The molecule has 6 heteroatoms. The molecule has 0 unspecified atom stereocenters. The van der Waals surface area contributed by atoms with E-state index in [0.29, 0.717) is 11.4 Å². The number of nitrogens with zero attached hydrogens (tertiary/aromatic N) is 1. The van der Waals surface area contributed by atoms with Crippen LogP contribution in [0.4, 0.5) is 11.4 Å². The molecular weight excluding hydrogens is 262 g/mol. The summed E-state index contributed by atoms with van der Waals surface area (Å²) in [4.78, 5) is 15.5. The second-order valence-corrected chi connectivity index (χ2v) is 5.59. The van der Waals surface area contributed by atoms with Crippen LogP contribution in [0.1, 0.15) is 29.2 Å². The van der Waals surface area contributed by atoms with Crippen molar-refractivity contribution < 1.29 is 9.90 Å². The molecule has 19 heavy (non-hydrogen) atoms. The molecule has 1 heterocycles. The Bertz CT molecular complexity index is 594. The number of aromatic nitrogens is 1. The molecule has 0 bridgehead atoms. The summed E-state index contributed by atoms with van der Waals surface area (Å²) in [7, 11) is 0. The molecule has 2 aromatic rings. The van der Waals surface area contributed by atoms with Crippen molar-refractivity contribution in [3.05, 3.63) is 40.3 Å². The maximum absolute atomic E-state index is 11.2. The number of carbonyl (C=O) groups is 1. The Morgan fingerprint density at radius 2 is 2.21 bits per heavy atom. The van der Waals surface area contributed by atoms with E-state index < -0.39 is 11.5 Å². The number of anilines is 2. The summed E-state index contributed by atoms with van der Waals surface area (Å²) in [5.41, 5.74) is 6.46. The van der Waals surface area contributed by atoms with Gasteiger partial charge in [-0.15, -0.1) is 11.3 Å². The zero-order valence-corrected chi connectivity index (χ0v) is 11.5. The fraction of sp³-hybridized carbons (Fsp3) is 0.231. The van der Waals surface area contributed by atoms with Crippen molar-refractivity contribution in [1.29, 1.82) is 0 Å². The Balaban J connectivity index is 2.38. The van der Waals surface area contributed by atoms with Gasteiger partial charge in [0.1, 0.15) is 5.01 Å². The van der Waals surface area contributed by atoms with Crippen LogP contribution in [0.15, 0.2) is 29.8 Å². The number of nitrogen functional groups attached to an aromatic ring is 1. The van der Waals surface area contributed by atoms with Crippen molar-refractivity contribution in [3.8, 4) is 0 Å². The minimum absolute atomic E-state index is 0.193. The summed E-state index contributed by atoms with van der Waals surface area (Å²) in [5.74, 6) is -0.988. The highest BCUT2D eigenvalue weighted by Crippen LogP contribution is 2.30. The van der Waals surface area contributed by atoms with Gasteiger partial charge in [-0.2, -0.15) is 0 Å². The first-order chi connectivity index (χ1) is 8.90. The molecule has 0 fully saturated rings. The van der Waals surface area contributed by atoms with E-state index in [1.807, 2.05) is 19.2 Å². The molecule has 0 spiro atoms. The Hall–Kier alpha value is -2.08. The van der Waals surface area contributed by atoms with Gasteiger partial charge < -0.3 is 16.2 Å². The molecule has 2 rings (SSSR count). The number of hydrogen-bond donors (Lipinski definition) is 3. The van der Waals surface area contributed by atoms with Crippen LogP contribution in [0.2, 0.25) is 0 Å². The summed E-state index contributed by atoms with van der Waals surface area (Å²) >= 11 is 1.52. The highest BCUT2D eigenvalue weighted by Gasteiger charge is 2.25. The zero-order chi connectivity index (χ0) is 14.0. The van der Waals surface area contributed by atoms with E-state index in [1.54, 1.807) is 18.3 Å². The predicted molar refractivity (Wildman–Crippen MR) is 76.6 cm³/mol. The third-order valence-electron chi connectivity index (χ3n) is 2.69. The van der Waals surface area contributed by atoms with Gasteiger partial charge in [-0.25, -0.2) is 9.78 Å². The molecule has 0 aliphatic carbocycles. The van der Waals surface area contributed by atoms with Crippen LogP contribution >= 0.6 is 11.3 Å². The molecule has 0 aliphatic heterocycles. The number of rotatable bonds is 4. The van der Waals surface area contributed by atoms with Crippen LogP contribution < -0.4 is 11.1 Å². The number of nitrogens with two attached hydrogens (primary N) is 1. The Morgan fingerprint density at radius 1 is 1.47 bits per heavy atom. The van der Waals surface area contributed by atoms with Crippen molar-refractivity contribution in [1.82, 2.24) is 4.98 Å².